The Labute approximate surface area is 266 Å². The maximum absolute atomic E-state index is 14.0. The minimum absolute atomic E-state index is 0.0763. The number of methoxy groups -OCH3 is 1. The number of carbonyl (C=O) groups excluding carboxylic acids is 2. The van der Waals surface area contributed by atoms with Crippen molar-refractivity contribution >= 4 is 32.8 Å². The van der Waals surface area contributed by atoms with E-state index in [1.165, 1.54) is 25.1 Å². The minimum atomic E-state index is -4.05. The number of benzene rings is 2. The number of allylic oxidation sites excluding steroid dienone is 1. The molecule has 1 aromatic heterocycles. The van der Waals surface area contributed by atoms with Crippen LogP contribution < -0.4 is 9.46 Å². The number of ketones is 1. The van der Waals surface area contributed by atoms with E-state index in [9.17, 15) is 18.0 Å². The van der Waals surface area contributed by atoms with Crippen molar-refractivity contribution in [3.8, 4) is 17.0 Å². The molecule has 3 aliphatic rings. The number of ether oxygens (including phenoxy) is 1. The molecule has 9 heteroatoms. The average Bonchev–Trinajstić information content (AvgIpc) is 3.71. The lowest BCUT2D eigenvalue weighted by Crippen LogP contribution is -2.41. The number of hydrogen-bond donors (Lipinski definition) is 1. The normalized spacial score (nSPS) is 20.9. The molecular formula is C36H43N3O5S. The van der Waals surface area contributed by atoms with Crippen LogP contribution in [-0.2, 0) is 21.5 Å². The van der Waals surface area contributed by atoms with Gasteiger partial charge in [-0.3, -0.25) is 9.59 Å². The second-order valence-corrected chi connectivity index (χ2v) is 14.7. The molecule has 2 unspecified atom stereocenters. The van der Waals surface area contributed by atoms with Crippen LogP contribution in [0.2, 0.25) is 0 Å². The van der Waals surface area contributed by atoms with Gasteiger partial charge in [0.25, 0.3) is 5.91 Å². The summed E-state index contributed by atoms with van der Waals surface area (Å²) < 4.78 is 36.8. The van der Waals surface area contributed by atoms with Crippen LogP contribution in [0.3, 0.4) is 0 Å². The van der Waals surface area contributed by atoms with E-state index < -0.39 is 21.5 Å². The van der Waals surface area contributed by atoms with Gasteiger partial charge in [-0.05, 0) is 79.5 Å². The SMILES string of the molecule is C=CCCCC(=O)C12CC1c1cc(OC)ccc1-c1c(C3CCCCC3)c3ccc(C(=O)NS(=O)(=O)N(C)CC=C)cc3n1C2. The van der Waals surface area contributed by atoms with Gasteiger partial charge in [0.15, 0.2) is 0 Å². The van der Waals surface area contributed by atoms with E-state index in [1.807, 2.05) is 24.3 Å². The fraction of sp³-hybridized carbons (Fsp3) is 0.444. The smallest absolute Gasteiger partial charge is 0.304 e. The van der Waals surface area contributed by atoms with Gasteiger partial charge in [0.05, 0.1) is 18.2 Å². The highest BCUT2D eigenvalue weighted by molar-refractivity contribution is 7.87. The number of fused-ring (bicyclic) bond motifs is 7. The summed E-state index contributed by atoms with van der Waals surface area (Å²) >= 11 is 0. The lowest BCUT2D eigenvalue weighted by atomic mass is 9.81. The van der Waals surface area contributed by atoms with Gasteiger partial charge in [-0.2, -0.15) is 12.7 Å². The van der Waals surface area contributed by atoms with E-state index >= 15 is 0 Å². The molecule has 0 spiro atoms. The summed E-state index contributed by atoms with van der Waals surface area (Å²) in [6, 6.07) is 11.7. The Bertz CT molecular complexity index is 1790. The number of nitrogens with one attached hydrogen (secondary N) is 1. The Hall–Kier alpha value is -3.69. The van der Waals surface area contributed by atoms with Crippen molar-refractivity contribution in [2.75, 3.05) is 20.7 Å². The number of hydrogen-bond acceptors (Lipinski definition) is 5. The fourth-order valence-electron chi connectivity index (χ4n) is 7.70. The molecule has 8 nitrogen and oxygen atoms in total. The van der Waals surface area contributed by atoms with Gasteiger partial charge in [-0.1, -0.05) is 37.5 Å². The van der Waals surface area contributed by atoms with Crippen molar-refractivity contribution in [3.05, 3.63) is 78.4 Å². The maximum Gasteiger partial charge on any atom is 0.304 e. The Balaban J connectivity index is 1.53. The van der Waals surface area contributed by atoms with Crippen LogP contribution in [0, 0.1) is 5.41 Å². The molecule has 0 bridgehead atoms. The largest absolute Gasteiger partial charge is 0.497 e. The topological polar surface area (TPSA) is 97.7 Å². The molecule has 2 aliphatic carbocycles. The first-order chi connectivity index (χ1) is 21.6. The molecule has 6 rings (SSSR count). The molecular weight excluding hydrogens is 586 g/mol. The zero-order valence-electron chi connectivity index (χ0n) is 26.3. The van der Waals surface area contributed by atoms with E-state index in [2.05, 4.69) is 34.6 Å². The minimum Gasteiger partial charge on any atom is -0.497 e. The molecule has 45 heavy (non-hydrogen) atoms. The first-order valence-electron chi connectivity index (χ1n) is 16.0. The van der Waals surface area contributed by atoms with Crippen LogP contribution in [0.15, 0.2) is 61.7 Å². The highest BCUT2D eigenvalue weighted by atomic mass is 32.2. The lowest BCUT2D eigenvalue weighted by molar-refractivity contribution is -0.124. The molecule has 1 N–H and O–H groups in total. The molecule has 2 aromatic carbocycles. The van der Waals surface area contributed by atoms with Gasteiger partial charge >= 0.3 is 10.2 Å². The number of Topliss-reactive ketones (excluding diaryl/α,β-unsaturated/α-hetero) is 1. The monoisotopic (exact) mass is 629 g/mol. The predicted octanol–water partition coefficient (Wildman–Crippen LogP) is 6.87. The van der Waals surface area contributed by atoms with E-state index in [-0.39, 0.29) is 23.8 Å². The van der Waals surface area contributed by atoms with Crippen LogP contribution in [0.1, 0.15) is 91.1 Å². The molecule has 1 amide bonds. The van der Waals surface area contributed by atoms with Gasteiger partial charge in [0.2, 0.25) is 0 Å². The van der Waals surface area contributed by atoms with Gasteiger partial charge in [-0.25, -0.2) is 4.72 Å². The van der Waals surface area contributed by atoms with Gasteiger partial charge < -0.3 is 9.30 Å². The maximum atomic E-state index is 14.0. The van der Waals surface area contributed by atoms with Crippen molar-refractivity contribution in [2.45, 2.75) is 76.2 Å². The third kappa shape index (κ3) is 5.54. The first kappa shape index (κ1) is 31.3. The molecule has 0 saturated heterocycles. The standard InChI is InChI=1S/C36H43N3O5S/c1-5-7-9-14-32(40)36-22-30(36)29-21-26(44-4)16-18-27(29)34-33(24-12-10-8-11-13-24)28-17-15-25(20-31(28)39(34)23-36)35(41)37-45(42,43)38(3)19-6-2/h5-6,15-18,20-21,24,30H,1-2,7-14,19,22-23H2,3-4H3,(H,37,41). The summed E-state index contributed by atoms with van der Waals surface area (Å²) in [7, 11) is -0.978. The molecule has 2 fully saturated rings. The Morgan fingerprint density at radius 3 is 2.60 bits per heavy atom. The molecule has 2 atom stereocenters. The molecule has 3 aromatic rings. The first-order valence-corrected chi connectivity index (χ1v) is 17.5. The van der Waals surface area contributed by atoms with Crippen molar-refractivity contribution in [1.82, 2.24) is 13.6 Å². The quantitative estimate of drug-likeness (QED) is 0.174. The summed E-state index contributed by atoms with van der Waals surface area (Å²) in [5, 5.41) is 1.07. The van der Waals surface area contributed by atoms with E-state index in [0.29, 0.717) is 18.9 Å². The molecule has 0 radical (unpaired) electrons. The van der Waals surface area contributed by atoms with E-state index in [1.54, 1.807) is 13.2 Å². The highest BCUT2D eigenvalue weighted by Crippen LogP contribution is 2.66. The number of unbranched alkanes of at least 4 members (excludes halogenated alkanes) is 1. The molecule has 2 saturated carbocycles. The number of nitrogens with zero attached hydrogens (tertiary/aromatic N) is 2. The summed E-state index contributed by atoms with van der Waals surface area (Å²) in [5.41, 5.74) is 5.25. The van der Waals surface area contributed by atoms with Crippen LogP contribution in [-0.4, -0.2) is 49.7 Å². The predicted molar refractivity (Wildman–Crippen MR) is 178 cm³/mol. The van der Waals surface area contributed by atoms with Crippen LogP contribution in [0.5, 0.6) is 5.75 Å². The van der Waals surface area contributed by atoms with Crippen molar-refractivity contribution in [2.24, 2.45) is 5.41 Å². The van der Waals surface area contributed by atoms with Gasteiger partial charge in [0.1, 0.15) is 11.5 Å². The Morgan fingerprint density at radius 2 is 1.89 bits per heavy atom. The molecule has 238 valence electrons. The third-order valence-corrected chi connectivity index (χ3v) is 11.6. The summed E-state index contributed by atoms with van der Waals surface area (Å²) in [5.74, 6) is 0.792. The second kappa shape index (κ2) is 12.2. The van der Waals surface area contributed by atoms with E-state index in [4.69, 9.17) is 4.74 Å². The Morgan fingerprint density at radius 1 is 1.11 bits per heavy atom. The second-order valence-electron chi connectivity index (χ2n) is 12.9. The number of amides is 1. The zero-order valence-corrected chi connectivity index (χ0v) is 27.1. The summed E-state index contributed by atoms with van der Waals surface area (Å²) in [4.78, 5) is 27.4. The number of aromatic nitrogens is 1. The fourth-order valence-corrected chi connectivity index (χ4v) is 8.51. The number of carbonyl (C=O) groups is 2. The summed E-state index contributed by atoms with van der Waals surface area (Å²) in [6.45, 7) is 8.02. The Kier molecular flexibility index (Phi) is 8.52. The third-order valence-electron chi connectivity index (χ3n) is 10.2. The molecule has 1 aliphatic heterocycles. The highest BCUT2D eigenvalue weighted by Gasteiger charge is 2.61. The van der Waals surface area contributed by atoms with Crippen molar-refractivity contribution in [3.63, 3.8) is 0 Å². The average molecular weight is 630 g/mol. The summed E-state index contributed by atoms with van der Waals surface area (Å²) in [6.07, 6.45) is 11.9. The van der Waals surface area contributed by atoms with E-state index in [0.717, 1.165) is 82.7 Å². The van der Waals surface area contributed by atoms with Crippen molar-refractivity contribution in [1.29, 1.82) is 0 Å². The van der Waals surface area contributed by atoms with Crippen molar-refractivity contribution < 1.29 is 22.7 Å². The van der Waals surface area contributed by atoms with Gasteiger partial charge in [0, 0.05) is 54.5 Å². The number of likely N-dealkylation sites (N-methyl/N-ethyl adjacent to an activating group) is 1. The van der Waals surface area contributed by atoms with Gasteiger partial charge in [-0.15, -0.1) is 13.2 Å². The van der Waals surface area contributed by atoms with Crippen LogP contribution in [0.4, 0.5) is 0 Å². The number of rotatable bonds is 12. The van der Waals surface area contributed by atoms with Crippen LogP contribution >= 0.6 is 0 Å². The lowest BCUT2D eigenvalue weighted by Gasteiger charge is -2.24. The zero-order chi connectivity index (χ0) is 31.9. The molecule has 2 heterocycles. The van der Waals surface area contributed by atoms with Crippen LogP contribution in [0.25, 0.3) is 22.2 Å².